The van der Waals surface area contributed by atoms with Gasteiger partial charge in [-0.15, -0.1) is 0 Å². The topological polar surface area (TPSA) is 89.8 Å². The highest BCUT2D eigenvalue weighted by Gasteiger charge is 2.20. The first-order chi connectivity index (χ1) is 33.5. The van der Waals surface area contributed by atoms with Crippen LogP contribution in [0.2, 0.25) is 0 Å². The number of hydrogen-bond donors (Lipinski definition) is 4. The highest BCUT2D eigenvalue weighted by molar-refractivity contribution is 5.76. The molecule has 0 saturated carbocycles. The van der Waals surface area contributed by atoms with Gasteiger partial charge in [-0.1, -0.05) is 314 Å². The molecular formula is C63H121NO4. The van der Waals surface area contributed by atoms with Crippen molar-refractivity contribution in [3.8, 4) is 0 Å². The van der Waals surface area contributed by atoms with E-state index in [0.717, 1.165) is 32.1 Å². The molecule has 1 amide bonds. The van der Waals surface area contributed by atoms with Crippen molar-refractivity contribution in [2.75, 3.05) is 6.61 Å². The van der Waals surface area contributed by atoms with Gasteiger partial charge in [0, 0.05) is 0 Å². The fourth-order valence-corrected chi connectivity index (χ4v) is 9.73. The van der Waals surface area contributed by atoms with Crippen LogP contribution in [0.25, 0.3) is 0 Å². The molecule has 68 heavy (non-hydrogen) atoms. The normalized spacial score (nSPS) is 13.4. The van der Waals surface area contributed by atoms with Gasteiger partial charge in [-0.05, 0) is 51.4 Å². The van der Waals surface area contributed by atoms with Crippen molar-refractivity contribution < 1.29 is 20.1 Å². The van der Waals surface area contributed by atoms with Crippen molar-refractivity contribution in [1.29, 1.82) is 0 Å². The lowest BCUT2D eigenvalue weighted by Gasteiger charge is -2.21. The van der Waals surface area contributed by atoms with Crippen molar-refractivity contribution in [3.63, 3.8) is 0 Å². The SMILES string of the molecule is CCCCCCCCCCCCCCC/C=C\C/C=C\CCCCCCCCCCCCCCCCCC(O)CC(=O)NC(CO)C(O)/C=C/CCCCCCCCCCCCCCCCCC. The molecule has 3 unspecified atom stereocenters. The van der Waals surface area contributed by atoms with Crippen molar-refractivity contribution in [2.45, 2.75) is 353 Å². The third kappa shape index (κ3) is 53.9. The van der Waals surface area contributed by atoms with E-state index in [1.54, 1.807) is 6.08 Å². The van der Waals surface area contributed by atoms with E-state index in [4.69, 9.17) is 0 Å². The second kappa shape index (κ2) is 58.1. The Morgan fingerprint density at radius 3 is 0.971 bits per heavy atom. The van der Waals surface area contributed by atoms with Gasteiger partial charge < -0.3 is 20.6 Å². The fraction of sp³-hybridized carbons (Fsp3) is 0.889. The first-order valence-electron chi connectivity index (χ1n) is 30.8. The Labute approximate surface area is 425 Å². The number of aliphatic hydroxyl groups is 3. The maximum absolute atomic E-state index is 12.5. The van der Waals surface area contributed by atoms with Crippen LogP contribution in [0.5, 0.6) is 0 Å². The maximum atomic E-state index is 12.5. The van der Waals surface area contributed by atoms with E-state index in [0.29, 0.717) is 6.42 Å². The molecule has 0 aliphatic rings. The molecule has 0 saturated heterocycles. The molecule has 0 aromatic rings. The number of rotatable bonds is 57. The minimum atomic E-state index is -0.929. The monoisotopic (exact) mass is 956 g/mol. The van der Waals surface area contributed by atoms with E-state index in [9.17, 15) is 20.1 Å². The number of carbonyl (C=O) groups is 1. The predicted molar refractivity (Wildman–Crippen MR) is 301 cm³/mol. The Morgan fingerprint density at radius 2 is 0.662 bits per heavy atom. The number of unbranched alkanes of at least 4 members (excludes halogenated alkanes) is 44. The standard InChI is InChI=1S/C63H121NO4/c1-3-5-7-9-11-13-15-17-19-21-23-24-25-26-27-28-29-30-31-32-33-34-35-36-37-38-39-40-42-44-46-48-50-52-54-56-60(66)58-63(68)64-61(59-65)62(67)57-55-53-51-49-47-45-43-41-22-20-18-16-14-12-10-8-6-4-2/h27-28,30-31,55,57,60-62,65-67H,3-26,29,32-54,56,58-59H2,1-2H3,(H,64,68)/b28-27-,31-30-,57-55+. The minimum absolute atomic E-state index is 0.0154. The Kier molecular flexibility index (Phi) is 56.9. The molecule has 0 spiro atoms. The molecule has 4 N–H and O–H groups in total. The third-order valence-corrected chi connectivity index (χ3v) is 14.4. The lowest BCUT2D eigenvalue weighted by molar-refractivity contribution is -0.124. The fourth-order valence-electron chi connectivity index (χ4n) is 9.73. The number of aliphatic hydroxyl groups excluding tert-OH is 3. The van der Waals surface area contributed by atoms with Gasteiger partial charge in [-0.2, -0.15) is 0 Å². The molecule has 0 aromatic carbocycles. The van der Waals surface area contributed by atoms with Crippen molar-refractivity contribution in [1.82, 2.24) is 5.32 Å². The van der Waals surface area contributed by atoms with Crippen LogP contribution in [-0.2, 0) is 4.79 Å². The van der Waals surface area contributed by atoms with Crippen molar-refractivity contribution >= 4 is 5.91 Å². The maximum Gasteiger partial charge on any atom is 0.222 e. The van der Waals surface area contributed by atoms with Crippen LogP contribution in [-0.4, -0.2) is 46.1 Å². The molecule has 0 rings (SSSR count). The summed E-state index contributed by atoms with van der Waals surface area (Å²) in [7, 11) is 0. The Balaban J connectivity index is 3.51. The summed E-state index contributed by atoms with van der Waals surface area (Å²) in [5, 5.41) is 33.5. The number of allylic oxidation sites excluding steroid dienone is 5. The van der Waals surface area contributed by atoms with Gasteiger partial charge in [0.25, 0.3) is 0 Å². The molecule has 0 aliphatic carbocycles. The summed E-state index contributed by atoms with van der Waals surface area (Å²) in [6.45, 7) is 4.25. The first-order valence-corrected chi connectivity index (χ1v) is 30.8. The van der Waals surface area contributed by atoms with Gasteiger partial charge in [0.1, 0.15) is 0 Å². The smallest absolute Gasteiger partial charge is 0.222 e. The molecule has 0 heterocycles. The summed E-state index contributed by atoms with van der Waals surface area (Å²) >= 11 is 0. The lowest BCUT2D eigenvalue weighted by Crippen LogP contribution is -2.45. The van der Waals surface area contributed by atoms with Gasteiger partial charge in [0.05, 0.1) is 31.3 Å². The highest BCUT2D eigenvalue weighted by atomic mass is 16.3. The number of nitrogens with one attached hydrogen (secondary N) is 1. The third-order valence-electron chi connectivity index (χ3n) is 14.4. The van der Waals surface area contributed by atoms with E-state index in [1.165, 1.54) is 276 Å². The number of hydrogen-bond acceptors (Lipinski definition) is 4. The average Bonchev–Trinajstić information content (AvgIpc) is 3.33. The van der Waals surface area contributed by atoms with Gasteiger partial charge in [0.15, 0.2) is 0 Å². The predicted octanol–water partition coefficient (Wildman–Crippen LogP) is 19.4. The lowest BCUT2D eigenvalue weighted by atomic mass is 10.0. The van der Waals surface area contributed by atoms with E-state index in [1.807, 2.05) is 6.08 Å². The zero-order valence-corrected chi connectivity index (χ0v) is 46.0. The van der Waals surface area contributed by atoms with Crippen LogP contribution >= 0.6 is 0 Å². The molecule has 402 valence electrons. The van der Waals surface area contributed by atoms with E-state index < -0.39 is 18.2 Å². The second-order valence-electron chi connectivity index (χ2n) is 21.3. The molecule has 5 heteroatoms. The molecule has 0 bridgehead atoms. The van der Waals surface area contributed by atoms with E-state index in [2.05, 4.69) is 43.5 Å². The quantitative estimate of drug-likeness (QED) is 0.0361. The molecular weight excluding hydrogens is 835 g/mol. The van der Waals surface area contributed by atoms with Crippen LogP contribution < -0.4 is 5.32 Å². The summed E-state index contributed by atoms with van der Waals surface area (Å²) in [4.78, 5) is 12.5. The van der Waals surface area contributed by atoms with Gasteiger partial charge >= 0.3 is 0 Å². The van der Waals surface area contributed by atoms with Crippen LogP contribution in [0.1, 0.15) is 335 Å². The van der Waals surface area contributed by atoms with Crippen molar-refractivity contribution in [3.05, 3.63) is 36.5 Å². The molecule has 0 radical (unpaired) electrons. The summed E-state index contributed by atoms with van der Waals surface area (Å²) < 4.78 is 0. The van der Waals surface area contributed by atoms with Crippen molar-refractivity contribution in [2.24, 2.45) is 0 Å². The van der Waals surface area contributed by atoms with E-state index >= 15 is 0 Å². The van der Waals surface area contributed by atoms with E-state index in [-0.39, 0.29) is 18.9 Å². The summed E-state index contributed by atoms with van der Waals surface area (Å²) in [6.07, 6.45) is 76.4. The van der Waals surface area contributed by atoms with Gasteiger partial charge in [-0.3, -0.25) is 4.79 Å². The number of amides is 1. The molecule has 0 fully saturated rings. The summed E-state index contributed by atoms with van der Waals surface area (Å²) in [5.74, 6) is -0.311. The Morgan fingerprint density at radius 1 is 0.382 bits per heavy atom. The molecule has 0 aromatic heterocycles. The highest BCUT2D eigenvalue weighted by Crippen LogP contribution is 2.18. The molecule has 5 nitrogen and oxygen atoms in total. The largest absolute Gasteiger partial charge is 0.394 e. The van der Waals surface area contributed by atoms with Crippen LogP contribution in [0.3, 0.4) is 0 Å². The van der Waals surface area contributed by atoms with Gasteiger partial charge in [-0.25, -0.2) is 0 Å². The Hall–Kier alpha value is -1.43. The Bertz CT molecular complexity index is 1060. The molecule has 3 atom stereocenters. The second-order valence-corrected chi connectivity index (χ2v) is 21.3. The minimum Gasteiger partial charge on any atom is -0.394 e. The first kappa shape index (κ1) is 66.6. The summed E-state index contributed by atoms with van der Waals surface area (Å²) in [5.41, 5.74) is 0. The van der Waals surface area contributed by atoms with Crippen LogP contribution in [0, 0.1) is 0 Å². The summed E-state index contributed by atoms with van der Waals surface area (Å²) in [6, 6.07) is -0.744. The zero-order valence-electron chi connectivity index (χ0n) is 46.0. The zero-order chi connectivity index (χ0) is 49.3. The number of carbonyl (C=O) groups excluding carboxylic acids is 1. The average molecular weight is 957 g/mol. The molecule has 0 aliphatic heterocycles. The van der Waals surface area contributed by atoms with Crippen LogP contribution in [0.15, 0.2) is 36.5 Å². The van der Waals surface area contributed by atoms with Gasteiger partial charge in [0.2, 0.25) is 5.91 Å². The van der Waals surface area contributed by atoms with Crippen LogP contribution in [0.4, 0.5) is 0 Å².